The first-order valence-corrected chi connectivity index (χ1v) is 6.59. The average molecular weight is 233 g/mol. The first kappa shape index (κ1) is 12.6. The highest BCUT2D eigenvalue weighted by atomic mass is 16.5. The van der Waals surface area contributed by atoms with Gasteiger partial charge in [0.15, 0.2) is 0 Å². The predicted molar refractivity (Wildman–Crippen MR) is 71.1 cm³/mol. The maximum absolute atomic E-state index is 6.43. The highest BCUT2D eigenvalue weighted by Crippen LogP contribution is 2.46. The number of hydrogen-bond donors (Lipinski definition) is 1. The van der Waals surface area contributed by atoms with E-state index in [0.717, 1.165) is 19.4 Å². The number of nitrogens with two attached hydrogens (primary N) is 1. The molecule has 0 aliphatic heterocycles. The minimum Gasteiger partial charge on any atom is -0.385 e. The Hall–Kier alpha value is -0.860. The molecule has 0 amide bonds. The summed E-state index contributed by atoms with van der Waals surface area (Å²) in [7, 11) is 1.75. The van der Waals surface area contributed by atoms with Crippen LogP contribution in [-0.4, -0.2) is 19.8 Å². The van der Waals surface area contributed by atoms with Crippen molar-refractivity contribution in [3.8, 4) is 0 Å². The minimum absolute atomic E-state index is 0.245. The Morgan fingerprint density at radius 3 is 2.53 bits per heavy atom. The first-order chi connectivity index (χ1) is 8.29. The molecule has 1 aromatic carbocycles. The van der Waals surface area contributed by atoms with Crippen molar-refractivity contribution in [1.29, 1.82) is 0 Å². The lowest BCUT2D eigenvalue weighted by Crippen LogP contribution is -2.50. The van der Waals surface area contributed by atoms with Crippen molar-refractivity contribution in [3.05, 3.63) is 35.9 Å². The zero-order valence-electron chi connectivity index (χ0n) is 10.7. The highest BCUT2D eigenvalue weighted by Gasteiger charge is 2.43. The van der Waals surface area contributed by atoms with E-state index in [1.54, 1.807) is 7.11 Å². The Labute approximate surface area is 104 Å². The molecule has 1 aromatic rings. The average Bonchev–Trinajstić information content (AvgIpc) is 2.29. The molecule has 1 fully saturated rings. The minimum atomic E-state index is 0.245. The van der Waals surface area contributed by atoms with Crippen molar-refractivity contribution in [2.24, 2.45) is 5.73 Å². The van der Waals surface area contributed by atoms with Crippen molar-refractivity contribution >= 4 is 0 Å². The van der Waals surface area contributed by atoms with Crippen LogP contribution in [-0.2, 0) is 10.2 Å². The second kappa shape index (κ2) is 5.65. The van der Waals surface area contributed by atoms with Crippen molar-refractivity contribution in [1.82, 2.24) is 0 Å². The molecule has 1 saturated carbocycles. The van der Waals surface area contributed by atoms with Crippen LogP contribution in [0.25, 0.3) is 0 Å². The van der Waals surface area contributed by atoms with Crippen LogP contribution < -0.4 is 5.73 Å². The molecule has 2 N–H and O–H groups in total. The van der Waals surface area contributed by atoms with Crippen LogP contribution >= 0.6 is 0 Å². The molecule has 0 saturated heterocycles. The summed E-state index contributed by atoms with van der Waals surface area (Å²) in [6.07, 6.45) is 5.91. The molecule has 2 heteroatoms. The van der Waals surface area contributed by atoms with Crippen molar-refractivity contribution < 1.29 is 4.74 Å². The summed E-state index contributed by atoms with van der Waals surface area (Å²) in [5, 5.41) is 0. The van der Waals surface area contributed by atoms with Gasteiger partial charge in [0.05, 0.1) is 0 Å². The van der Waals surface area contributed by atoms with Gasteiger partial charge in [-0.1, -0.05) is 36.8 Å². The Bertz CT molecular complexity index is 332. The van der Waals surface area contributed by atoms with Gasteiger partial charge in [-0.15, -0.1) is 0 Å². The number of methoxy groups -OCH3 is 1. The van der Waals surface area contributed by atoms with E-state index < -0.39 is 0 Å². The molecule has 94 valence electrons. The second-order valence-electron chi connectivity index (χ2n) is 5.12. The van der Waals surface area contributed by atoms with Gasteiger partial charge in [0.2, 0.25) is 0 Å². The molecular formula is C15H23NO. The molecule has 1 atom stereocenters. The van der Waals surface area contributed by atoms with E-state index >= 15 is 0 Å². The summed E-state index contributed by atoms with van der Waals surface area (Å²) in [6.45, 7) is 0.818. The van der Waals surface area contributed by atoms with Crippen LogP contribution in [0.5, 0.6) is 0 Å². The molecular weight excluding hydrogens is 210 g/mol. The van der Waals surface area contributed by atoms with Gasteiger partial charge in [-0.25, -0.2) is 0 Å². The van der Waals surface area contributed by atoms with E-state index in [0.29, 0.717) is 0 Å². The zero-order valence-corrected chi connectivity index (χ0v) is 10.7. The smallest absolute Gasteiger partial charge is 0.0462 e. The van der Waals surface area contributed by atoms with Gasteiger partial charge in [0.25, 0.3) is 0 Å². The first-order valence-electron chi connectivity index (χ1n) is 6.59. The SMILES string of the molecule is COCCCC(N)C1(c2ccccc2)CCC1. The summed E-state index contributed by atoms with van der Waals surface area (Å²) in [6, 6.07) is 11.1. The molecule has 1 unspecified atom stereocenters. The predicted octanol–water partition coefficient (Wildman–Crippen LogP) is 2.86. The molecule has 0 aromatic heterocycles. The fourth-order valence-electron chi connectivity index (χ4n) is 2.93. The lowest BCUT2D eigenvalue weighted by Gasteiger charge is -2.47. The molecule has 0 radical (unpaired) electrons. The van der Waals surface area contributed by atoms with Gasteiger partial charge in [0.1, 0.15) is 0 Å². The number of ether oxygens (including phenoxy) is 1. The summed E-state index contributed by atoms with van der Waals surface area (Å²) in [4.78, 5) is 0. The Balaban J connectivity index is 2.04. The fraction of sp³-hybridized carbons (Fsp3) is 0.600. The Morgan fingerprint density at radius 2 is 2.00 bits per heavy atom. The third-order valence-corrected chi connectivity index (χ3v) is 4.17. The van der Waals surface area contributed by atoms with Crippen molar-refractivity contribution in [3.63, 3.8) is 0 Å². The standard InChI is InChI=1S/C15H23NO/c1-17-12-5-9-14(16)15(10-6-11-15)13-7-3-2-4-8-13/h2-4,7-8,14H,5-6,9-12,16H2,1H3. The van der Waals surface area contributed by atoms with Crippen LogP contribution in [0, 0.1) is 0 Å². The molecule has 1 aliphatic carbocycles. The molecule has 1 aliphatic rings. The molecule has 2 rings (SSSR count). The van der Waals surface area contributed by atoms with E-state index in [1.807, 2.05) is 0 Å². The van der Waals surface area contributed by atoms with E-state index in [2.05, 4.69) is 30.3 Å². The molecule has 17 heavy (non-hydrogen) atoms. The number of hydrogen-bond acceptors (Lipinski definition) is 2. The van der Waals surface area contributed by atoms with Gasteiger partial charge in [-0.05, 0) is 31.2 Å². The number of benzene rings is 1. The van der Waals surface area contributed by atoms with Gasteiger partial charge < -0.3 is 10.5 Å². The van der Waals surface area contributed by atoms with Crippen molar-refractivity contribution in [2.75, 3.05) is 13.7 Å². The third kappa shape index (κ3) is 2.53. The quantitative estimate of drug-likeness (QED) is 0.767. The number of rotatable bonds is 6. The summed E-state index contributed by atoms with van der Waals surface area (Å²) in [5.41, 5.74) is 8.10. The second-order valence-corrected chi connectivity index (χ2v) is 5.12. The highest BCUT2D eigenvalue weighted by molar-refractivity contribution is 5.30. The molecule has 0 heterocycles. The van der Waals surface area contributed by atoms with Gasteiger partial charge in [-0.2, -0.15) is 0 Å². The van der Waals surface area contributed by atoms with E-state index in [9.17, 15) is 0 Å². The fourth-order valence-corrected chi connectivity index (χ4v) is 2.93. The topological polar surface area (TPSA) is 35.2 Å². The van der Waals surface area contributed by atoms with Crippen LogP contribution in [0.2, 0.25) is 0 Å². The molecule has 0 spiro atoms. The summed E-state index contributed by atoms with van der Waals surface area (Å²) >= 11 is 0. The monoisotopic (exact) mass is 233 g/mol. The normalized spacial score (nSPS) is 19.6. The van der Waals surface area contributed by atoms with Crippen molar-refractivity contribution in [2.45, 2.75) is 43.6 Å². The van der Waals surface area contributed by atoms with E-state index in [1.165, 1.54) is 24.8 Å². The van der Waals surface area contributed by atoms with Crippen LogP contribution in [0.4, 0.5) is 0 Å². The summed E-state index contributed by atoms with van der Waals surface area (Å²) < 4.78 is 5.11. The molecule has 0 bridgehead atoms. The summed E-state index contributed by atoms with van der Waals surface area (Å²) in [5.74, 6) is 0. The van der Waals surface area contributed by atoms with Gasteiger partial charge >= 0.3 is 0 Å². The largest absolute Gasteiger partial charge is 0.385 e. The maximum Gasteiger partial charge on any atom is 0.0462 e. The van der Waals surface area contributed by atoms with Gasteiger partial charge in [0, 0.05) is 25.2 Å². The lowest BCUT2D eigenvalue weighted by atomic mass is 9.59. The lowest BCUT2D eigenvalue weighted by molar-refractivity contribution is 0.159. The molecule has 2 nitrogen and oxygen atoms in total. The Kier molecular flexibility index (Phi) is 4.19. The zero-order chi connectivity index (χ0) is 12.1. The van der Waals surface area contributed by atoms with Crippen LogP contribution in [0.1, 0.15) is 37.7 Å². The van der Waals surface area contributed by atoms with E-state index in [-0.39, 0.29) is 11.5 Å². The van der Waals surface area contributed by atoms with Crippen LogP contribution in [0.15, 0.2) is 30.3 Å². The van der Waals surface area contributed by atoms with Crippen LogP contribution in [0.3, 0.4) is 0 Å². The Morgan fingerprint density at radius 1 is 1.29 bits per heavy atom. The van der Waals surface area contributed by atoms with Gasteiger partial charge in [-0.3, -0.25) is 0 Å². The third-order valence-electron chi connectivity index (χ3n) is 4.17. The maximum atomic E-state index is 6.43. The van der Waals surface area contributed by atoms with E-state index in [4.69, 9.17) is 10.5 Å².